The van der Waals surface area contributed by atoms with Crippen molar-refractivity contribution in [2.45, 2.75) is 56.0 Å². The van der Waals surface area contributed by atoms with E-state index < -0.39 is 29.7 Å². The second-order valence-electron chi connectivity index (χ2n) is 7.89. The van der Waals surface area contributed by atoms with Crippen LogP contribution in [0.15, 0.2) is 42.5 Å². The molecule has 0 spiro atoms. The lowest BCUT2D eigenvalue weighted by atomic mass is 9.82. The standard InChI is InChI=1S/C23H23F7O2/c1-31-13-32-18-9-6-15(7-10-18)14-2-4-16(5-3-14)17-8-11-19(20(24)12-17)22(26,27)21(25)23(28,29)30/h2-5,8,11-12,15,18,21H,6-7,9-10,13H2,1H3. The third-order valence-electron chi connectivity index (χ3n) is 5.75. The van der Waals surface area contributed by atoms with Gasteiger partial charge in [-0.1, -0.05) is 30.3 Å². The number of rotatable bonds is 7. The van der Waals surface area contributed by atoms with E-state index in [9.17, 15) is 30.7 Å². The monoisotopic (exact) mass is 464 g/mol. The van der Waals surface area contributed by atoms with Crippen molar-refractivity contribution in [1.82, 2.24) is 0 Å². The van der Waals surface area contributed by atoms with Crippen LogP contribution < -0.4 is 0 Å². The van der Waals surface area contributed by atoms with Gasteiger partial charge in [0, 0.05) is 7.11 Å². The number of hydrogen-bond donors (Lipinski definition) is 0. The van der Waals surface area contributed by atoms with Gasteiger partial charge in [-0.3, -0.25) is 0 Å². The van der Waals surface area contributed by atoms with Crippen LogP contribution in [0.3, 0.4) is 0 Å². The van der Waals surface area contributed by atoms with Crippen molar-refractivity contribution < 1.29 is 40.2 Å². The van der Waals surface area contributed by atoms with E-state index in [0.717, 1.165) is 37.3 Å². The zero-order valence-electron chi connectivity index (χ0n) is 17.3. The molecular formula is C23H23F7O2. The van der Waals surface area contributed by atoms with Gasteiger partial charge in [0.2, 0.25) is 0 Å². The summed E-state index contributed by atoms with van der Waals surface area (Å²) in [6, 6.07) is 9.36. The van der Waals surface area contributed by atoms with Crippen molar-refractivity contribution >= 4 is 0 Å². The Kier molecular flexibility index (Phi) is 7.50. The van der Waals surface area contributed by atoms with E-state index in [0.29, 0.717) is 23.6 Å². The summed E-state index contributed by atoms with van der Waals surface area (Å²) in [5.41, 5.74) is 0.156. The quantitative estimate of drug-likeness (QED) is 0.321. The molecule has 0 saturated heterocycles. The van der Waals surface area contributed by atoms with Gasteiger partial charge in [0.15, 0.2) is 0 Å². The fraction of sp³-hybridized carbons (Fsp3) is 0.478. The molecule has 2 aromatic carbocycles. The first-order valence-corrected chi connectivity index (χ1v) is 10.1. The van der Waals surface area contributed by atoms with Gasteiger partial charge in [0.25, 0.3) is 6.17 Å². The highest BCUT2D eigenvalue weighted by Gasteiger charge is 2.58. The first kappa shape index (κ1) is 24.5. The second-order valence-corrected chi connectivity index (χ2v) is 7.89. The normalized spacial score (nSPS) is 20.9. The lowest BCUT2D eigenvalue weighted by Crippen LogP contribution is -2.40. The van der Waals surface area contributed by atoms with Crippen LogP contribution in [0, 0.1) is 5.82 Å². The highest BCUT2D eigenvalue weighted by molar-refractivity contribution is 5.64. The maximum Gasteiger partial charge on any atom is 0.426 e. The number of halogens is 7. The SMILES string of the molecule is COCOC1CCC(c2ccc(-c3ccc(C(F)(F)C(F)C(F)(F)F)c(F)c3)cc2)CC1. The molecule has 1 aliphatic carbocycles. The molecule has 0 amide bonds. The number of alkyl halides is 6. The molecule has 9 heteroatoms. The molecule has 1 aliphatic rings. The molecule has 1 saturated carbocycles. The molecule has 0 bridgehead atoms. The molecule has 0 aliphatic heterocycles. The average Bonchev–Trinajstić information content (AvgIpc) is 2.76. The number of methoxy groups -OCH3 is 1. The van der Waals surface area contributed by atoms with Crippen molar-refractivity contribution in [2.24, 2.45) is 0 Å². The highest BCUT2D eigenvalue weighted by atomic mass is 19.4. The van der Waals surface area contributed by atoms with Gasteiger partial charge < -0.3 is 9.47 Å². The largest absolute Gasteiger partial charge is 0.426 e. The van der Waals surface area contributed by atoms with Crippen LogP contribution in [0.1, 0.15) is 42.7 Å². The molecule has 2 nitrogen and oxygen atoms in total. The van der Waals surface area contributed by atoms with Gasteiger partial charge in [-0.2, -0.15) is 22.0 Å². The van der Waals surface area contributed by atoms with Crippen molar-refractivity contribution in [3.05, 3.63) is 59.4 Å². The number of hydrogen-bond acceptors (Lipinski definition) is 2. The van der Waals surface area contributed by atoms with E-state index in [4.69, 9.17) is 9.47 Å². The summed E-state index contributed by atoms with van der Waals surface area (Å²) >= 11 is 0. The smallest absolute Gasteiger partial charge is 0.359 e. The summed E-state index contributed by atoms with van der Waals surface area (Å²) in [4.78, 5) is 0. The van der Waals surface area contributed by atoms with E-state index in [1.807, 2.05) is 12.1 Å². The van der Waals surface area contributed by atoms with E-state index in [-0.39, 0.29) is 18.5 Å². The van der Waals surface area contributed by atoms with Crippen LogP contribution in [-0.2, 0) is 15.4 Å². The average molecular weight is 464 g/mol. The summed E-state index contributed by atoms with van der Waals surface area (Å²) in [7, 11) is 1.57. The predicted molar refractivity (Wildman–Crippen MR) is 105 cm³/mol. The van der Waals surface area contributed by atoms with Gasteiger partial charge in [0.1, 0.15) is 12.6 Å². The van der Waals surface area contributed by atoms with E-state index in [2.05, 4.69) is 0 Å². The van der Waals surface area contributed by atoms with Crippen LogP contribution >= 0.6 is 0 Å². The van der Waals surface area contributed by atoms with Gasteiger partial charge in [-0.15, -0.1) is 0 Å². The Morgan fingerprint density at radius 3 is 2.03 bits per heavy atom. The first-order chi connectivity index (χ1) is 15.0. The minimum Gasteiger partial charge on any atom is -0.359 e. The van der Waals surface area contributed by atoms with Crippen LogP contribution in [0.4, 0.5) is 30.7 Å². The van der Waals surface area contributed by atoms with Gasteiger partial charge in [0.05, 0.1) is 11.7 Å². The Morgan fingerprint density at radius 2 is 1.50 bits per heavy atom. The zero-order valence-corrected chi connectivity index (χ0v) is 17.3. The molecular weight excluding hydrogens is 441 g/mol. The van der Waals surface area contributed by atoms with Crippen LogP contribution in [-0.4, -0.2) is 32.4 Å². The van der Waals surface area contributed by atoms with Crippen LogP contribution in [0.5, 0.6) is 0 Å². The molecule has 1 atom stereocenters. The summed E-state index contributed by atoms with van der Waals surface area (Å²) in [6.45, 7) is 0.257. The van der Waals surface area contributed by atoms with Crippen molar-refractivity contribution in [3.63, 3.8) is 0 Å². The summed E-state index contributed by atoms with van der Waals surface area (Å²) in [6.07, 6.45) is -6.50. The Morgan fingerprint density at radius 1 is 0.906 bits per heavy atom. The third-order valence-corrected chi connectivity index (χ3v) is 5.75. The zero-order chi connectivity index (χ0) is 23.5. The number of benzene rings is 2. The Balaban J connectivity index is 1.71. The molecule has 176 valence electrons. The van der Waals surface area contributed by atoms with Crippen LogP contribution in [0.2, 0.25) is 0 Å². The molecule has 2 aromatic rings. The Hall–Kier alpha value is -2.13. The van der Waals surface area contributed by atoms with E-state index in [1.54, 1.807) is 19.2 Å². The minimum atomic E-state index is -5.81. The molecule has 0 N–H and O–H groups in total. The van der Waals surface area contributed by atoms with E-state index >= 15 is 0 Å². The lowest BCUT2D eigenvalue weighted by Gasteiger charge is -2.28. The summed E-state index contributed by atoms with van der Waals surface area (Å²) in [5.74, 6) is -6.30. The van der Waals surface area contributed by atoms with Crippen molar-refractivity contribution in [1.29, 1.82) is 0 Å². The first-order valence-electron chi connectivity index (χ1n) is 10.1. The number of ether oxygens (including phenoxy) is 2. The summed E-state index contributed by atoms with van der Waals surface area (Å²) < 4.78 is 103. The lowest BCUT2D eigenvalue weighted by molar-refractivity contribution is -0.248. The van der Waals surface area contributed by atoms with Gasteiger partial charge >= 0.3 is 12.1 Å². The van der Waals surface area contributed by atoms with Gasteiger partial charge in [-0.25, -0.2) is 8.78 Å². The maximum absolute atomic E-state index is 14.2. The van der Waals surface area contributed by atoms with Crippen molar-refractivity contribution in [2.75, 3.05) is 13.9 Å². The maximum atomic E-state index is 14.2. The van der Waals surface area contributed by atoms with Crippen molar-refractivity contribution in [3.8, 4) is 11.1 Å². The van der Waals surface area contributed by atoms with E-state index in [1.165, 1.54) is 0 Å². The fourth-order valence-corrected chi connectivity index (χ4v) is 3.98. The second kappa shape index (κ2) is 9.79. The topological polar surface area (TPSA) is 18.5 Å². The molecule has 32 heavy (non-hydrogen) atoms. The Labute approximate surface area is 181 Å². The highest BCUT2D eigenvalue weighted by Crippen LogP contribution is 2.43. The van der Waals surface area contributed by atoms with Gasteiger partial charge in [-0.05, 0) is 60.4 Å². The fourth-order valence-electron chi connectivity index (χ4n) is 3.98. The third kappa shape index (κ3) is 5.43. The molecule has 0 heterocycles. The minimum absolute atomic E-state index is 0.159. The molecule has 1 unspecified atom stereocenters. The molecule has 0 radical (unpaired) electrons. The molecule has 3 rings (SSSR count). The molecule has 1 fully saturated rings. The molecule has 0 aromatic heterocycles. The Bertz CT molecular complexity index is 888. The van der Waals surface area contributed by atoms with Crippen LogP contribution in [0.25, 0.3) is 11.1 Å². The predicted octanol–water partition coefficient (Wildman–Crippen LogP) is 7.13. The summed E-state index contributed by atoms with van der Waals surface area (Å²) in [5, 5.41) is 0.